The standard InChI is InChI=1S/C14H24N2O/c1-4-13(3,5-2)16-12(17)14(11-15)9-7-6-8-10-14/h4-10H2,1-3H3,(H,16,17). The number of carbonyl (C=O) groups is 1. The SMILES string of the molecule is CCC(C)(CC)NC(=O)C1(C#N)CCCCC1. The van der Waals surface area contributed by atoms with Gasteiger partial charge in [0.2, 0.25) is 5.91 Å². The fraction of sp³-hybridized carbons (Fsp3) is 0.857. The van der Waals surface area contributed by atoms with Crippen LogP contribution in [0.5, 0.6) is 0 Å². The Balaban J connectivity index is 2.77. The van der Waals surface area contributed by atoms with Crippen molar-refractivity contribution in [2.45, 2.75) is 71.3 Å². The molecule has 0 aliphatic heterocycles. The van der Waals surface area contributed by atoms with E-state index in [-0.39, 0.29) is 11.4 Å². The summed E-state index contributed by atoms with van der Waals surface area (Å²) in [5.41, 5.74) is -0.928. The highest BCUT2D eigenvalue weighted by Crippen LogP contribution is 2.36. The van der Waals surface area contributed by atoms with Crippen LogP contribution in [-0.2, 0) is 4.79 Å². The van der Waals surface area contributed by atoms with Gasteiger partial charge in [-0.25, -0.2) is 0 Å². The van der Waals surface area contributed by atoms with Crippen molar-refractivity contribution in [1.29, 1.82) is 5.26 Å². The molecule has 3 nitrogen and oxygen atoms in total. The van der Waals surface area contributed by atoms with Gasteiger partial charge in [-0.2, -0.15) is 5.26 Å². The van der Waals surface area contributed by atoms with Crippen LogP contribution < -0.4 is 5.32 Å². The summed E-state index contributed by atoms with van der Waals surface area (Å²) in [5.74, 6) is -0.0501. The first kappa shape index (κ1) is 14.0. The van der Waals surface area contributed by atoms with Crippen LogP contribution in [0.25, 0.3) is 0 Å². The Morgan fingerprint density at radius 3 is 2.24 bits per heavy atom. The van der Waals surface area contributed by atoms with Gasteiger partial charge in [0.15, 0.2) is 0 Å². The lowest BCUT2D eigenvalue weighted by Gasteiger charge is -2.35. The lowest BCUT2D eigenvalue weighted by Crippen LogP contribution is -2.51. The van der Waals surface area contributed by atoms with Crippen molar-refractivity contribution in [3.63, 3.8) is 0 Å². The molecular weight excluding hydrogens is 212 g/mol. The molecule has 0 aromatic carbocycles. The predicted molar refractivity (Wildman–Crippen MR) is 68.3 cm³/mol. The van der Waals surface area contributed by atoms with E-state index < -0.39 is 5.41 Å². The Kier molecular flexibility index (Phi) is 4.56. The van der Waals surface area contributed by atoms with E-state index >= 15 is 0 Å². The van der Waals surface area contributed by atoms with E-state index in [4.69, 9.17) is 0 Å². The van der Waals surface area contributed by atoms with Crippen molar-refractivity contribution in [3.8, 4) is 6.07 Å². The molecule has 0 saturated heterocycles. The van der Waals surface area contributed by atoms with E-state index in [1.165, 1.54) is 0 Å². The molecule has 1 amide bonds. The van der Waals surface area contributed by atoms with Gasteiger partial charge in [-0.15, -0.1) is 0 Å². The Hall–Kier alpha value is -1.04. The number of rotatable bonds is 4. The van der Waals surface area contributed by atoms with Crippen LogP contribution in [0.1, 0.15) is 65.7 Å². The number of nitrogens with zero attached hydrogens (tertiary/aromatic N) is 1. The third-order valence-electron chi connectivity index (χ3n) is 4.33. The molecule has 0 spiro atoms. The van der Waals surface area contributed by atoms with Gasteiger partial charge in [0, 0.05) is 5.54 Å². The van der Waals surface area contributed by atoms with Gasteiger partial charge in [0.1, 0.15) is 5.41 Å². The number of hydrogen-bond donors (Lipinski definition) is 1. The zero-order valence-corrected chi connectivity index (χ0v) is 11.3. The Morgan fingerprint density at radius 1 is 1.29 bits per heavy atom. The van der Waals surface area contributed by atoms with Crippen LogP contribution in [0, 0.1) is 16.7 Å². The second-order valence-electron chi connectivity index (χ2n) is 5.48. The number of amides is 1. The lowest BCUT2D eigenvalue weighted by atomic mass is 9.74. The summed E-state index contributed by atoms with van der Waals surface area (Å²) in [7, 11) is 0. The van der Waals surface area contributed by atoms with E-state index in [9.17, 15) is 10.1 Å². The molecule has 1 fully saturated rings. The molecule has 0 aromatic heterocycles. The first-order chi connectivity index (χ1) is 8.02. The molecule has 3 heteroatoms. The molecule has 0 aromatic rings. The third kappa shape index (κ3) is 3.00. The molecule has 0 radical (unpaired) electrons. The van der Waals surface area contributed by atoms with Crippen LogP contribution in [0.15, 0.2) is 0 Å². The van der Waals surface area contributed by atoms with Crippen molar-refractivity contribution in [3.05, 3.63) is 0 Å². The molecule has 0 atom stereocenters. The molecule has 1 rings (SSSR count). The molecule has 1 N–H and O–H groups in total. The number of hydrogen-bond acceptors (Lipinski definition) is 2. The minimum absolute atomic E-state index is 0.0501. The molecular formula is C14H24N2O. The van der Waals surface area contributed by atoms with Gasteiger partial charge in [0.25, 0.3) is 0 Å². The zero-order valence-electron chi connectivity index (χ0n) is 11.3. The zero-order chi connectivity index (χ0) is 12.9. The Morgan fingerprint density at radius 2 is 1.82 bits per heavy atom. The molecule has 0 heterocycles. The monoisotopic (exact) mass is 236 g/mol. The van der Waals surface area contributed by atoms with Crippen LogP contribution in [0.2, 0.25) is 0 Å². The molecule has 0 unspecified atom stereocenters. The summed E-state index contributed by atoms with van der Waals surface area (Å²) in [6.07, 6.45) is 6.38. The summed E-state index contributed by atoms with van der Waals surface area (Å²) >= 11 is 0. The fourth-order valence-electron chi connectivity index (χ4n) is 2.37. The van der Waals surface area contributed by atoms with Crippen molar-refractivity contribution < 1.29 is 4.79 Å². The molecule has 1 aliphatic carbocycles. The van der Waals surface area contributed by atoms with Crippen LogP contribution in [0.3, 0.4) is 0 Å². The molecule has 1 aliphatic rings. The molecule has 96 valence electrons. The average molecular weight is 236 g/mol. The highest BCUT2D eigenvalue weighted by Gasteiger charge is 2.41. The second-order valence-corrected chi connectivity index (χ2v) is 5.48. The van der Waals surface area contributed by atoms with E-state index in [1.54, 1.807) is 0 Å². The summed E-state index contributed by atoms with van der Waals surface area (Å²) in [6.45, 7) is 6.20. The first-order valence-corrected chi connectivity index (χ1v) is 6.76. The summed E-state index contributed by atoms with van der Waals surface area (Å²) < 4.78 is 0. The normalized spacial score (nSPS) is 19.4. The van der Waals surface area contributed by atoms with Crippen molar-refractivity contribution in [2.75, 3.05) is 0 Å². The smallest absolute Gasteiger partial charge is 0.240 e. The van der Waals surface area contributed by atoms with Gasteiger partial charge in [-0.1, -0.05) is 33.1 Å². The third-order valence-corrected chi connectivity index (χ3v) is 4.33. The minimum Gasteiger partial charge on any atom is -0.350 e. The number of carbonyl (C=O) groups excluding carboxylic acids is 1. The summed E-state index contributed by atoms with van der Waals surface area (Å²) in [6, 6.07) is 2.28. The van der Waals surface area contributed by atoms with E-state index in [0.717, 1.165) is 44.9 Å². The Bertz CT molecular complexity index is 307. The minimum atomic E-state index is -0.760. The van der Waals surface area contributed by atoms with Gasteiger partial charge >= 0.3 is 0 Å². The lowest BCUT2D eigenvalue weighted by molar-refractivity contribution is -0.131. The molecule has 1 saturated carbocycles. The maximum absolute atomic E-state index is 12.4. The van der Waals surface area contributed by atoms with Crippen LogP contribution in [-0.4, -0.2) is 11.4 Å². The second kappa shape index (κ2) is 5.53. The maximum Gasteiger partial charge on any atom is 0.240 e. The van der Waals surface area contributed by atoms with E-state index in [2.05, 4.69) is 32.2 Å². The van der Waals surface area contributed by atoms with Crippen molar-refractivity contribution in [1.82, 2.24) is 5.32 Å². The van der Waals surface area contributed by atoms with E-state index in [1.807, 2.05) is 0 Å². The van der Waals surface area contributed by atoms with Crippen LogP contribution in [0.4, 0.5) is 0 Å². The fourth-order valence-corrected chi connectivity index (χ4v) is 2.37. The van der Waals surface area contributed by atoms with Crippen LogP contribution >= 0.6 is 0 Å². The first-order valence-electron chi connectivity index (χ1n) is 6.76. The predicted octanol–water partition coefficient (Wildman–Crippen LogP) is 3.16. The van der Waals surface area contributed by atoms with Crippen molar-refractivity contribution >= 4 is 5.91 Å². The molecule has 17 heavy (non-hydrogen) atoms. The quantitative estimate of drug-likeness (QED) is 0.815. The summed E-state index contributed by atoms with van der Waals surface area (Å²) in [5, 5.41) is 12.4. The Labute approximate surface area is 105 Å². The number of nitrogens with one attached hydrogen (secondary N) is 1. The maximum atomic E-state index is 12.4. The average Bonchev–Trinajstić information content (AvgIpc) is 2.39. The highest BCUT2D eigenvalue weighted by molar-refractivity contribution is 5.86. The number of nitriles is 1. The van der Waals surface area contributed by atoms with Crippen molar-refractivity contribution in [2.24, 2.45) is 5.41 Å². The van der Waals surface area contributed by atoms with E-state index in [0.29, 0.717) is 0 Å². The van der Waals surface area contributed by atoms with Gasteiger partial charge in [-0.05, 0) is 32.6 Å². The largest absolute Gasteiger partial charge is 0.350 e. The van der Waals surface area contributed by atoms with Gasteiger partial charge in [0.05, 0.1) is 6.07 Å². The highest BCUT2D eigenvalue weighted by atomic mass is 16.2. The van der Waals surface area contributed by atoms with Gasteiger partial charge < -0.3 is 5.32 Å². The summed E-state index contributed by atoms with van der Waals surface area (Å²) in [4.78, 5) is 12.4. The van der Waals surface area contributed by atoms with Gasteiger partial charge in [-0.3, -0.25) is 4.79 Å². The topological polar surface area (TPSA) is 52.9 Å². The molecule has 0 bridgehead atoms.